The second-order valence-corrected chi connectivity index (χ2v) is 13.1. The van der Waals surface area contributed by atoms with E-state index in [0.29, 0.717) is 23.0 Å². The molecule has 0 aliphatic heterocycles. The van der Waals surface area contributed by atoms with E-state index in [1.54, 1.807) is 12.1 Å². The number of nitriles is 1. The average molecular weight is 649 g/mol. The maximum Gasteiger partial charge on any atom is 0.164 e. The van der Waals surface area contributed by atoms with Gasteiger partial charge in [0.15, 0.2) is 17.5 Å². The SMILES string of the molecule is N#Cc1ccc(-c2nc(-c3ccccc3)nc(-c3ccc4c(c3)C3(c5ccccc5-c5ccccc5-4)c4ccccc4-c4ccccc43)n2)cc1. The summed E-state index contributed by atoms with van der Waals surface area (Å²) in [5, 5.41) is 9.44. The van der Waals surface area contributed by atoms with Gasteiger partial charge in [0.1, 0.15) is 0 Å². The Morgan fingerprint density at radius 2 is 0.745 bits per heavy atom. The second-order valence-electron chi connectivity index (χ2n) is 13.1. The van der Waals surface area contributed by atoms with Gasteiger partial charge >= 0.3 is 0 Å². The minimum absolute atomic E-state index is 0.556. The van der Waals surface area contributed by atoms with Gasteiger partial charge in [-0.05, 0) is 86.0 Å². The largest absolute Gasteiger partial charge is 0.208 e. The zero-order chi connectivity index (χ0) is 33.9. The lowest BCUT2D eigenvalue weighted by atomic mass is 9.65. The Balaban J connectivity index is 1.30. The van der Waals surface area contributed by atoms with Crippen molar-refractivity contribution < 1.29 is 0 Å². The molecule has 0 saturated carbocycles. The molecular weight excluding hydrogens is 621 g/mol. The molecule has 8 aromatic rings. The van der Waals surface area contributed by atoms with E-state index in [1.807, 2.05) is 42.5 Å². The molecule has 1 heterocycles. The lowest BCUT2D eigenvalue weighted by Crippen LogP contribution is -2.29. The summed E-state index contributed by atoms with van der Waals surface area (Å²) in [4.78, 5) is 15.2. The average Bonchev–Trinajstić information content (AvgIpc) is 3.46. The van der Waals surface area contributed by atoms with Crippen molar-refractivity contribution in [2.75, 3.05) is 0 Å². The number of hydrogen-bond donors (Lipinski definition) is 0. The molecule has 236 valence electrons. The Bertz CT molecular complexity index is 2660. The van der Waals surface area contributed by atoms with Crippen molar-refractivity contribution in [2.45, 2.75) is 5.41 Å². The predicted octanol–water partition coefficient (Wildman–Crippen LogP) is 10.8. The molecular formula is C47H28N4. The van der Waals surface area contributed by atoms with Crippen LogP contribution in [-0.2, 0) is 5.41 Å². The Morgan fingerprint density at radius 1 is 0.353 bits per heavy atom. The van der Waals surface area contributed by atoms with Gasteiger partial charge in [-0.2, -0.15) is 5.26 Å². The standard InChI is InChI=1S/C47H28N4/c48-29-30-22-24-32(25-23-30)45-49-44(31-12-2-1-3-13-31)50-46(51-45)33-26-27-39-35-15-5-4-14-34(35)36-16-6-9-19-40(36)47(43(39)28-33)41-20-10-7-17-37(41)38-18-8-11-21-42(38)47/h1-28H. The minimum Gasteiger partial charge on any atom is -0.208 e. The van der Waals surface area contributed by atoms with E-state index in [4.69, 9.17) is 15.0 Å². The number of benzene rings is 7. The number of hydrogen-bond acceptors (Lipinski definition) is 4. The molecule has 4 heteroatoms. The first-order valence-electron chi connectivity index (χ1n) is 17.1. The van der Waals surface area contributed by atoms with Crippen LogP contribution in [-0.4, -0.2) is 15.0 Å². The highest BCUT2D eigenvalue weighted by atomic mass is 15.0. The van der Waals surface area contributed by atoms with Crippen LogP contribution in [0, 0.1) is 11.3 Å². The van der Waals surface area contributed by atoms with Crippen LogP contribution >= 0.6 is 0 Å². The normalized spacial score (nSPS) is 12.8. The molecule has 7 aromatic carbocycles. The van der Waals surface area contributed by atoms with Crippen molar-refractivity contribution in [3.8, 4) is 73.6 Å². The summed E-state index contributed by atoms with van der Waals surface area (Å²) in [6.45, 7) is 0. The van der Waals surface area contributed by atoms with E-state index in [2.05, 4.69) is 121 Å². The molecule has 0 unspecified atom stereocenters. The molecule has 0 saturated heterocycles. The van der Waals surface area contributed by atoms with Crippen molar-refractivity contribution >= 4 is 0 Å². The van der Waals surface area contributed by atoms with E-state index in [-0.39, 0.29) is 0 Å². The van der Waals surface area contributed by atoms with Gasteiger partial charge < -0.3 is 0 Å². The van der Waals surface area contributed by atoms with Crippen molar-refractivity contribution in [3.63, 3.8) is 0 Å². The first-order valence-corrected chi connectivity index (χ1v) is 17.1. The molecule has 0 fully saturated rings. The van der Waals surface area contributed by atoms with Gasteiger partial charge in [0.25, 0.3) is 0 Å². The van der Waals surface area contributed by atoms with Gasteiger partial charge in [-0.1, -0.05) is 140 Å². The van der Waals surface area contributed by atoms with Crippen molar-refractivity contribution in [2.24, 2.45) is 0 Å². The van der Waals surface area contributed by atoms with Crippen LogP contribution in [0.15, 0.2) is 170 Å². The molecule has 10 rings (SSSR count). The number of rotatable bonds is 3. The van der Waals surface area contributed by atoms with Crippen LogP contribution in [0.3, 0.4) is 0 Å². The Labute approximate surface area is 296 Å². The van der Waals surface area contributed by atoms with E-state index in [1.165, 1.54) is 55.6 Å². The topological polar surface area (TPSA) is 62.5 Å². The van der Waals surface area contributed by atoms with E-state index in [9.17, 15) is 5.26 Å². The molecule has 2 aliphatic carbocycles. The third-order valence-corrected chi connectivity index (χ3v) is 10.4. The minimum atomic E-state index is -0.598. The Kier molecular flexibility index (Phi) is 6.43. The van der Waals surface area contributed by atoms with E-state index >= 15 is 0 Å². The van der Waals surface area contributed by atoms with E-state index < -0.39 is 5.41 Å². The van der Waals surface area contributed by atoms with Crippen LogP contribution in [0.2, 0.25) is 0 Å². The Hall–Kier alpha value is -6.96. The molecule has 0 atom stereocenters. The van der Waals surface area contributed by atoms with Crippen molar-refractivity contribution in [1.29, 1.82) is 5.26 Å². The summed E-state index contributed by atoms with van der Waals surface area (Å²) in [6, 6.07) is 61.8. The summed E-state index contributed by atoms with van der Waals surface area (Å²) in [5.41, 5.74) is 14.9. The van der Waals surface area contributed by atoms with Crippen LogP contribution in [0.1, 0.15) is 27.8 Å². The molecule has 0 bridgehead atoms. The highest BCUT2D eigenvalue weighted by Gasteiger charge is 2.49. The van der Waals surface area contributed by atoms with E-state index in [0.717, 1.165) is 16.7 Å². The summed E-state index contributed by atoms with van der Waals surface area (Å²) >= 11 is 0. The number of fused-ring (bicyclic) bond motifs is 12. The number of nitrogens with zero attached hydrogens (tertiary/aromatic N) is 4. The van der Waals surface area contributed by atoms with Crippen LogP contribution < -0.4 is 0 Å². The second kappa shape index (κ2) is 11.3. The van der Waals surface area contributed by atoms with Gasteiger partial charge in [-0.3, -0.25) is 0 Å². The first kappa shape index (κ1) is 29.0. The highest BCUT2D eigenvalue weighted by Crippen LogP contribution is 2.61. The smallest absolute Gasteiger partial charge is 0.164 e. The molecule has 1 spiro atoms. The van der Waals surface area contributed by atoms with Gasteiger partial charge in [-0.25, -0.2) is 15.0 Å². The quantitative estimate of drug-likeness (QED) is 0.191. The molecule has 0 N–H and O–H groups in total. The first-order chi connectivity index (χ1) is 25.2. The maximum absolute atomic E-state index is 9.44. The number of aromatic nitrogens is 3. The summed E-state index contributed by atoms with van der Waals surface area (Å²) < 4.78 is 0. The highest BCUT2D eigenvalue weighted by molar-refractivity contribution is 5.97. The van der Waals surface area contributed by atoms with Crippen LogP contribution in [0.4, 0.5) is 0 Å². The molecule has 51 heavy (non-hydrogen) atoms. The molecule has 2 aliphatic rings. The maximum atomic E-state index is 9.44. The summed E-state index contributed by atoms with van der Waals surface area (Å²) in [6.07, 6.45) is 0. The molecule has 1 aromatic heterocycles. The molecule has 0 amide bonds. The monoisotopic (exact) mass is 648 g/mol. The summed E-state index contributed by atoms with van der Waals surface area (Å²) in [5.74, 6) is 1.74. The zero-order valence-corrected chi connectivity index (χ0v) is 27.5. The third-order valence-electron chi connectivity index (χ3n) is 10.4. The van der Waals surface area contributed by atoms with Gasteiger partial charge in [0, 0.05) is 16.7 Å². The van der Waals surface area contributed by atoms with Crippen LogP contribution in [0.5, 0.6) is 0 Å². The van der Waals surface area contributed by atoms with Crippen LogP contribution in [0.25, 0.3) is 67.5 Å². The van der Waals surface area contributed by atoms with Gasteiger partial charge in [-0.15, -0.1) is 0 Å². The van der Waals surface area contributed by atoms with Crippen molar-refractivity contribution in [1.82, 2.24) is 15.0 Å². The van der Waals surface area contributed by atoms with Crippen molar-refractivity contribution in [3.05, 3.63) is 198 Å². The Morgan fingerprint density at radius 3 is 1.27 bits per heavy atom. The zero-order valence-electron chi connectivity index (χ0n) is 27.5. The molecule has 4 nitrogen and oxygen atoms in total. The lowest BCUT2D eigenvalue weighted by Gasteiger charge is -2.35. The predicted molar refractivity (Wildman–Crippen MR) is 203 cm³/mol. The van der Waals surface area contributed by atoms with Gasteiger partial charge in [0.2, 0.25) is 0 Å². The fraction of sp³-hybridized carbons (Fsp3) is 0.0213. The third kappa shape index (κ3) is 4.29. The lowest BCUT2D eigenvalue weighted by molar-refractivity contribution is 0.775. The molecule has 0 radical (unpaired) electrons. The van der Waals surface area contributed by atoms with Gasteiger partial charge in [0.05, 0.1) is 17.0 Å². The summed E-state index contributed by atoms with van der Waals surface area (Å²) in [7, 11) is 0. The fourth-order valence-electron chi connectivity index (χ4n) is 8.23. The fourth-order valence-corrected chi connectivity index (χ4v) is 8.23.